The third kappa shape index (κ3) is 3.48. The van der Waals surface area contributed by atoms with E-state index in [9.17, 15) is 14.4 Å². The average Bonchev–Trinajstić information content (AvgIpc) is 2.47. The summed E-state index contributed by atoms with van der Waals surface area (Å²) < 4.78 is 0. The first-order valence-corrected chi connectivity index (χ1v) is 4.78. The lowest BCUT2D eigenvalue weighted by Gasteiger charge is -2.04. The van der Waals surface area contributed by atoms with Crippen molar-refractivity contribution in [3.05, 3.63) is 12.2 Å². The van der Waals surface area contributed by atoms with E-state index in [2.05, 4.69) is 6.08 Å². The summed E-state index contributed by atoms with van der Waals surface area (Å²) in [5.41, 5.74) is 0. The minimum absolute atomic E-state index is 0.131. The van der Waals surface area contributed by atoms with Crippen LogP contribution in [0.3, 0.4) is 0 Å². The first-order valence-electron chi connectivity index (χ1n) is 4.78. The summed E-state index contributed by atoms with van der Waals surface area (Å²) in [5, 5.41) is 8.37. The first-order chi connectivity index (χ1) is 7.11. The number of hydrogen-bond acceptors (Lipinski definition) is 3. The number of imide groups is 1. The fourth-order valence-electron chi connectivity index (χ4n) is 1.31. The minimum atomic E-state index is -0.821. The zero-order valence-corrected chi connectivity index (χ0v) is 8.23. The van der Waals surface area contributed by atoms with Gasteiger partial charge in [-0.2, -0.15) is 4.90 Å². The summed E-state index contributed by atoms with van der Waals surface area (Å²) in [4.78, 5) is 33.4. The Morgan fingerprint density at radius 2 is 2.07 bits per heavy atom. The smallest absolute Gasteiger partial charge is 0.416 e. The molecule has 0 radical (unpaired) electrons. The maximum Gasteiger partial charge on any atom is 0.416 e. The highest BCUT2D eigenvalue weighted by molar-refractivity contribution is 6.10. The molecule has 15 heavy (non-hydrogen) atoms. The minimum Gasteiger partial charge on any atom is -0.481 e. The molecule has 1 rings (SSSR count). The van der Waals surface area contributed by atoms with E-state index in [1.54, 1.807) is 0 Å². The largest absolute Gasteiger partial charge is 0.481 e. The number of aliphatic carboxylic acids is 1. The summed E-state index contributed by atoms with van der Waals surface area (Å²) in [5.74, 6) is -1.56. The molecule has 0 saturated heterocycles. The van der Waals surface area contributed by atoms with Gasteiger partial charge < -0.3 is 5.11 Å². The lowest BCUT2D eigenvalue weighted by atomic mass is 10.2. The molecule has 0 saturated carbocycles. The maximum atomic E-state index is 11.0. The van der Waals surface area contributed by atoms with Crippen LogP contribution in [0.1, 0.15) is 25.7 Å². The fourth-order valence-corrected chi connectivity index (χ4v) is 1.31. The summed E-state index contributed by atoms with van der Waals surface area (Å²) in [7, 11) is 0. The topological polar surface area (TPSA) is 74.7 Å². The Morgan fingerprint density at radius 3 is 2.60 bits per heavy atom. The molecular weight excluding hydrogens is 198 g/mol. The van der Waals surface area contributed by atoms with Crippen molar-refractivity contribution in [1.82, 2.24) is 4.90 Å². The molecule has 0 aromatic heterocycles. The second-order valence-corrected chi connectivity index (χ2v) is 3.29. The first kappa shape index (κ1) is 11.3. The van der Waals surface area contributed by atoms with Crippen LogP contribution in [0.4, 0.5) is 0 Å². The molecule has 5 heteroatoms. The molecular formula is C10H12NO4+. The number of carbonyl (C=O) groups excluding carboxylic acids is 2. The van der Waals surface area contributed by atoms with E-state index >= 15 is 0 Å². The highest BCUT2D eigenvalue weighted by atomic mass is 16.4. The number of unbranched alkanes of at least 4 members (excludes halogenated alkanes) is 2. The number of carboxylic acid groups (broad SMARTS) is 1. The molecule has 0 spiro atoms. The second-order valence-electron chi connectivity index (χ2n) is 3.29. The molecule has 5 nitrogen and oxygen atoms in total. The fraction of sp³-hybridized carbons (Fsp3) is 0.500. The van der Waals surface area contributed by atoms with Gasteiger partial charge in [-0.15, -0.1) is 4.79 Å². The lowest BCUT2D eigenvalue weighted by Crippen LogP contribution is -2.30. The number of rotatable bonds is 6. The summed E-state index contributed by atoms with van der Waals surface area (Å²) >= 11 is 0. The summed E-state index contributed by atoms with van der Waals surface area (Å²) in [6.45, 7) is 0.348. The number of carboxylic acids is 1. The van der Waals surface area contributed by atoms with Crippen LogP contribution in [0.2, 0.25) is 0 Å². The van der Waals surface area contributed by atoms with Crippen molar-refractivity contribution in [3.63, 3.8) is 0 Å². The van der Waals surface area contributed by atoms with Gasteiger partial charge in [0.15, 0.2) is 6.08 Å². The van der Waals surface area contributed by atoms with Gasteiger partial charge in [0.05, 0.1) is 6.54 Å². The molecule has 0 fully saturated rings. The summed E-state index contributed by atoms with van der Waals surface area (Å²) in [6.07, 6.45) is 5.46. The Kier molecular flexibility index (Phi) is 3.94. The molecule has 1 N–H and O–H groups in total. The Hall–Kier alpha value is -1.74. The molecule has 0 unspecified atom stereocenters. The van der Waals surface area contributed by atoms with Crippen LogP contribution in [0.15, 0.2) is 6.08 Å². The Morgan fingerprint density at radius 1 is 1.33 bits per heavy atom. The van der Waals surface area contributed by atoms with Gasteiger partial charge in [-0.05, 0) is 12.8 Å². The van der Waals surface area contributed by atoms with Gasteiger partial charge in [0.2, 0.25) is 6.08 Å². The monoisotopic (exact) mass is 210 g/mol. The van der Waals surface area contributed by atoms with E-state index in [4.69, 9.17) is 5.11 Å². The zero-order valence-electron chi connectivity index (χ0n) is 8.23. The van der Waals surface area contributed by atoms with E-state index in [-0.39, 0.29) is 12.3 Å². The maximum absolute atomic E-state index is 11.0. The number of carbonyl (C=O) groups is 3. The molecule has 80 valence electrons. The van der Waals surface area contributed by atoms with Crippen LogP contribution < -0.4 is 0 Å². The SMILES string of the molecule is O=C(O)CCCCCN1C(=O)[C+]=CC1=O. The quantitative estimate of drug-likeness (QED) is 0.390. The van der Waals surface area contributed by atoms with E-state index in [1.165, 1.54) is 0 Å². The number of amides is 2. The van der Waals surface area contributed by atoms with Gasteiger partial charge in [0.1, 0.15) is 0 Å². The average molecular weight is 210 g/mol. The molecule has 0 aromatic rings. The molecule has 1 aliphatic heterocycles. The van der Waals surface area contributed by atoms with Gasteiger partial charge in [0, 0.05) is 6.42 Å². The predicted octanol–water partition coefficient (Wildman–Crippen LogP) is 0.360. The normalized spacial score (nSPS) is 14.5. The van der Waals surface area contributed by atoms with Crippen LogP contribution in [-0.4, -0.2) is 34.3 Å². The van der Waals surface area contributed by atoms with Crippen LogP contribution in [-0.2, 0) is 14.4 Å². The van der Waals surface area contributed by atoms with Gasteiger partial charge in [-0.25, -0.2) is 4.79 Å². The van der Waals surface area contributed by atoms with Gasteiger partial charge in [-0.1, -0.05) is 6.42 Å². The van der Waals surface area contributed by atoms with E-state index in [0.717, 1.165) is 11.0 Å². The van der Waals surface area contributed by atoms with Crippen LogP contribution in [0, 0.1) is 6.08 Å². The third-order valence-electron chi connectivity index (χ3n) is 2.10. The van der Waals surface area contributed by atoms with Crippen LogP contribution in [0.25, 0.3) is 0 Å². The van der Waals surface area contributed by atoms with Crippen LogP contribution in [0.5, 0.6) is 0 Å². The van der Waals surface area contributed by atoms with Gasteiger partial charge in [-0.3, -0.25) is 4.79 Å². The molecule has 0 aliphatic carbocycles. The van der Waals surface area contributed by atoms with Crippen molar-refractivity contribution in [2.75, 3.05) is 6.54 Å². The Labute approximate surface area is 87.4 Å². The lowest BCUT2D eigenvalue weighted by molar-refractivity contribution is -0.138. The zero-order chi connectivity index (χ0) is 11.3. The number of nitrogens with zero attached hydrogens (tertiary/aromatic N) is 1. The van der Waals surface area contributed by atoms with Crippen molar-refractivity contribution in [3.8, 4) is 0 Å². The highest BCUT2D eigenvalue weighted by Gasteiger charge is 2.35. The van der Waals surface area contributed by atoms with Crippen molar-refractivity contribution in [1.29, 1.82) is 0 Å². The van der Waals surface area contributed by atoms with Crippen molar-refractivity contribution in [2.24, 2.45) is 0 Å². The summed E-state index contributed by atoms with van der Waals surface area (Å²) in [6, 6.07) is 0. The number of hydrogen-bond donors (Lipinski definition) is 1. The highest BCUT2D eigenvalue weighted by Crippen LogP contribution is 2.06. The Bertz CT molecular complexity index is 291. The van der Waals surface area contributed by atoms with Crippen LogP contribution >= 0.6 is 0 Å². The van der Waals surface area contributed by atoms with E-state index in [1.807, 2.05) is 0 Å². The van der Waals surface area contributed by atoms with Gasteiger partial charge >= 0.3 is 17.8 Å². The molecule has 2 amide bonds. The second kappa shape index (κ2) is 5.22. The standard InChI is InChI=1S/C10H11NO4/c12-8-5-6-9(13)11(8)7-3-1-2-4-10(14)15/h5H,1-4,7H2/p+1. The molecule has 0 atom stereocenters. The Balaban J connectivity index is 2.13. The third-order valence-corrected chi connectivity index (χ3v) is 2.10. The van der Waals surface area contributed by atoms with E-state index in [0.29, 0.717) is 25.8 Å². The van der Waals surface area contributed by atoms with Gasteiger partial charge in [0.25, 0.3) is 0 Å². The van der Waals surface area contributed by atoms with E-state index < -0.39 is 11.9 Å². The van der Waals surface area contributed by atoms with Crippen molar-refractivity contribution >= 4 is 17.8 Å². The van der Waals surface area contributed by atoms with Crippen molar-refractivity contribution in [2.45, 2.75) is 25.7 Å². The molecule has 1 heterocycles. The predicted molar refractivity (Wildman–Crippen MR) is 50.6 cm³/mol. The van der Waals surface area contributed by atoms with Crippen molar-refractivity contribution < 1.29 is 19.5 Å². The molecule has 0 bridgehead atoms. The molecule has 0 aromatic carbocycles. The molecule has 1 aliphatic rings.